The van der Waals surface area contributed by atoms with Gasteiger partial charge in [0.15, 0.2) is 17.7 Å². The number of halogens is 2. The van der Waals surface area contributed by atoms with Crippen LogP contribution in [0.5, 0.6) is 5.75 Å². The Morgan fingerprint density at radius 3 is 2.48 bits per heavy atom. The maximum Gasteiger partial charge on any atom is 0.261 e. The molecule has 2 rings (SSSR count). The third-order valence-electron chi connectivity index (χ3n) is 3.89. The predicted molar refractivity (Wildman–Crippen MR) is 97.3 cm³/mol. The lowest BCUT2D eigenvalue weighted by Gasteiger charge is -2.22. The summed E-state index contributed by atoms with van der Waals surface area (Å²) in [6.45, 7) is 3.71. The Hall–Kier alpha value is -2.96. The Morgan fingerprint density at radius 1 is 1.11 bits per heavy atom. The van der Waals surface area contributed by atoms with E-state index < -0.39 is 23.6 Å². The fraction of sp³-hybridized carbons (Fsp3) is 0.300. The summed E-state index contributed by atoms with van der Waals surface area (Å²) in [5, 5.41) is 5.26. The van der Waals surface area contributed by atoms with Crippen molar-refractivity contribution in [3.63, 3.8) is 0 Å². The quantitative estimate of drug-likeness (QED) is 0.781. The molecule has 0 spiro atoms. The SMILES string of the molecule is CNC(=O)c1cccc(CNC(=O)[C@@H](Oc2ccc(F)cc2F)C(C)C)c1. The van der Waals surface area contributed by atoms with E-state index in [4.69, 9.17) is 4.74 Å². The average molecular weight is 376 g/mol. The fourth-order valence-electron chi connectivity index (χ4n) is 2.46. The van der Waals surface area contributed by atoms with Crippen molar-refractivity contribution in [1.82, 2.24) is 10.6 Å². The molecule has 0 bridgehead atoms. The minimum absolute atomic E-state index is 0.183. The number of ether oxygens (including phenoxy) is 1. The summed E-state index contributed by atoms with van der Waals surface area (Å²) in [6, 6.07) is 9.76. The van der Waals surface area contributed by atoms with Gasteiger partial charge in [-0.25, -0.2) is 8.78 Å². The molecule has 0 aliphatic heterocycles. The largest absolute Gasteiger partial charge is 0.477 e. The zero-order valence-electron chi connectivity index (χ0n) is 15.4. The first kappa shape index (κ1) is 20.4. The van der Waals surface area contributed by atoms with Crippen molar-refractivity contribution >= 4 is 11.8 Å². The fourth-order valence-corrected chi connectivity index (χ4v) is 2.46. The first-order chi connectivity index (χ1) is 12.8. The van der Waals surface area contributed by atoms with E-state index >= 15 is 0 Å². The van der Waals surface area contributed by atoms with Gasteiger partial charge in [-0.3, -0.25) is 9.59 Å². The molecule has 2 aromatic rings. The van der Waals surface area contributed by atoms with E-state index in [1.165, 1.54) is 7.05 Å². The molecule has 0 radical (unpaired) electrons. The molecule has 0 fully saturated rings. The molecule has 1 atom stereocenters. The molecule has 2 amide bonds. The van der Waals surface area contributed by atoms with Crippen LogP contribution in [-0.4, -0.2) is 25.0 Å². The molecular formula is C20H22F2N2O3. The van der Waals surface area contributed by atoms with Crippen molar-refractivity contribution < 1.29 is 23.1 Å². The maximum atomic E-state index is 13.8. The van der Waals surface area contributed by atoms with Gasteiger partial charge in [-0.1, -0.05) is 26.0 Å². The molecule has 0 saturated carbocycles. The van der Waals surface area contributed by atoms with Crippen LogP contribution in [0.2, 0.25) is 0 Å². The highest BCUT2D eigenvalue weighted by molar-refractivity contribution is 5.94. The molecule has 0 aliphatic rings. The van der Waals surface area contributed by atoms with Gasteiger partial charge in [0.2, 0.25) is 0 Å². The maximum absolute atomic E-state index is 13.8. The van der Waals surface area contributed by atoms with Gasteiger partial charge in [0, 0.05) is 25.2 Å². The van der Waals surface area contributed by atoms with Gasteiger partial charge in [0.25, 0.3) is 11.8 Å². The smallest absolute Gasteiger partial charge is 0.261 e. The lowest BCUT2D eigenvalue weighted by molar-refractivity contribution is -0.130. The van der Waals surface area contributed by atoms with E-state index in [9.17, 15) is 18.4 Å². The van der Waals surface area contributed by atoms with E-state index in [1.807, 2.05) is 0 Å². The van der Waals surface area contributed by atoms with Crippen LogP contribution in [-0.2, 0) is 11.3 Å². The Labute approximate surface area is 156 Å². The van der Waals surface area contributed by atoms with Gasteiger partial charge < -0.3 is 15.4 Å². The molecule has 0 saturated heterocycles. The normalized spacial score (nSPS) is 11.8. The van der Waals surface area contributed by atoms with Crippen LogP contribution in [0.25, 0.3) is 0 Å². The number of carbonyl (C=O) groups excluding carboxylic acids is 2. The van der Waals surface area contributed by atoms with Crippen LogP contribution in [0.3, 0.4) is 0 Å². The van der Waals surface area contributed by atoms with Crippen LogP contribution in [0.15, 0.2) is 42.5 Å². The summed E-state index contributed by atoms with van der Waals surface area (Å²) in [5.74, 6) is -2.68. The molecule has 2 aromatic carbocycles. The first-order valence-electron chi connectivity index (χ1n) is 8.52. The average Bonchev–Trinajstić information content (AvgIpc) is 2.64. The van der Waals surface area contributed by atoms with Gasteiger partial charge in [0.05, 0.1) is 0 Å². The number of rotatable bonds is 7. The van der Waals surface area contributed by atoms with Crippen LogP contribution in [0, 0.1) is 17.6 Å². The highest BCUT2D eigenvalue weighted by atomic mass is 19.1. The van der Waals surface area contributed by atoms with E-state index in [0.717, 1.165) is 17.7 Å². The predicted octanol–water partition coefficient (Wildman–Crippen LogP) is 3.04. The molecule has 0 unspecified atom stereocenters. The Morgan fingerprint density at radius 2 is 1.85 bits per heavy atom. The van der Waals surface area contributed by atoms with E-state index in [1.54, 1.807) is 38.1 Å². The van der Waals surface area contributed by atoms with Crippen LogP contribution >= 0.6 is 0 Å². The molecule has 0 aromatic heterocycles. The Bertz CT molecular complexity index is 825. The molecule has 5 nitrogen and oxygen atoms in total. The number of hydrogen-bond acceptors (Lipinski definition) is 3. The van der Waals surface area contributed by atoms with Gasteiger partial charge >= 0.3 is 0 Å². The lowest BCUT2D eigenvalue weighted by atomic mass is 10.1. The molecule has 27 heavy (non-hydrogen) atoms. The molecule has 2 N–H and O–H groups in total. The molecular weight excluding hydrogens is 354 g/mol. The minimum atomic E-state index is -0.952. The monoisotopic (exact) mass is 376 g/mol. The third kappa shape index (κ3) is 5.51. The third-order valence-corrected chi connectivity index (χ3v) is 3.89. The van der Waals surface area contributed by atoms with Gasteiger partial charge in [0.1, 0.15) is 5.82 Å². The number of amides is 2. The highest BCUT2D eigenvalue weighted by Gasteiger charge is 2.25. The minimum Gasteiger partial charge on any atom is -0.477 e. The molecule has 0 aliphatic carbocycles. The second-order valence-electron chi connectivity index (χ2n) is 6.35. The van der Waals surface area contributed by atoms with E-state index in [0.29, 0.717) is 11.6 Å². The van der Waals surface area contributed by atoms with Crippen molar-refractivity contribution in [1.29, 1.82) is 0 Å². The standard InChI is InChI=1S/C20H22F2N2O3/c1-12(2)18(27-17-8-7-15(21)10-16(17)22)20(26)24-11-13-5-4-6-14(9-13)19(25)23-3/h4-10,12,18H,11H2,1-3H3,(H,23,25)(H,24,26)/t18-/m0/s1. The topological polar surface area (TPSA) is 67.4 Å². The van der Waals surface area contributed by atoms with E-state index in [-0.39, 0.29) is 24.1 Å². The summed E-state index contributed by atoms with van der Waals surface area (Å²) in [4.78, 5) is 24.2. The van der Waals surface area contributed by atoms with Gasteiger partial charge in [-0.05, 0) is 35.7 Å². The summed E-state index contributed by atoms with van der Waals surface area (Å²) in [6.07, 6.45) is -0.952. The summed E-state index contributed by atoms with van der Waals surface area (Å²) < 4.78 is 32.3. The Kier molecular flexibility index (Phi) is 6.87. The Balaban J connectivity index is 2.06. The van der Waals surface area contributed by atoms with Crippen molar-refractivity contribution in [2.45, 2.75) is 26.5 Å². The first-order valence-corrected chi connectivity index (χ1v) is 8.52. The van der Waals surface area contributed by atoms with Crippen molar-refractivity contribution in [2.75, 3.05) is 7.05 Å². The molecule has 0 heterocycles. The second kappa shape index (κ2) is 9.12. The zero-order valence-corrected chi connectivity index (χ0v) is 15.4. The van der Waals surface area contributed by atoms with Crippen LogP contribution < -0.4 is 15.4 Å². The van der Waals surface area contributed by atoms with Crippen molar-refractivity contribution in [3.8, 4) is 5.75 Å². The van der Waals surface area contributed by atoms with Crippen LogP contribution in [0.4, 0.5) is 8.78 Å². The van der Waals surface area contributed by atoms with Crippen molar-refractivity contribution in [3.05, 3.63) is 65.2 Å². The van der Waals surface area contributed by atoms with E-state index in [2.05, 4.69) is 10.6 Å². The molecule has 144 valence electrons. The van der Waals surface area contributed by atoms with Crippen LogP contribution in [0.1, 0.15) is 29.8 Å². The summed E-state index contributed by atoms with van der Waals surface area (Å²) >= 11 is 0. The number of hydrogen-bond donors (Lipinski definition) is 2. The highest BCUT2D eigenvalue weighted by Crippen LogP contribution is 2.21. The number of nitrogens with one attached hydrogen (secondary N) is 2. The van der Waals surface area contributed by atoms with Crippen molar-refractivity contribution in [2.24, 2.45) is 5.92 Å². The summed E-state index contributed by atoms with van der Waals surface area (Å²) in [5.41, 5.74) is 1.22. The van der Waals surface area contributed by atoms with Gasteiger partial charge in [-0.2, -0.15) is 0 Å². The second-order valence-corrected chi connectivity index (χ2v) is 6.35. The zero-order chi connectivity index (χ0) is 20.0. The number of carbonyl (C=O) groups is 2. The molecule has 7 heteroatoms. The number of benzene rings is 2. The van der Waals surface area contributed by atoms with Gasteiger partial charge in [-0.15, -0.1) is 0 Å². The lowest BCUT2D eigenvalue weighted by Crippen LogP contribution is -2.41. The summed E-state index contributed by atoms with van der Waals surface area (Å²) in [7, 11) is 1.54.